The second kappa shape index (κ2) is 17.2. The number of ether oxygens (including phenoxy) is 4. The summed E-state index contributed by atoms with van der Waals surface area (Å²) in [7, 11) is 3.69. The lowest BCUT2D eigenvalue weighted by atomic mass is 9.65. The second-order valence-corrected chi connectivity index (χ2v) is 16.4. The third kappa shape index (κ3) is 9.54. The fourth-order valence-electron chi connectivity index (χ4n) is 8.92. The Bertz CT molecular complexity index is 1360. The Kier molecular flexibility index (Phi) is 14.5. The lowest BCUT2D eigenvalue weighted by molar-refractivity contribution is -0.290. The summed E-state index contributed by atoms with van der Waals surface area (Å²) in [5.41, 5.74) is -5.50. The van der Waals surface area contributed by atoms with E-state index in [0.29, 0.717) is 12.1 Å². The molecule has 0 radical (unpaired) electrons. The number of cyclic esters (lactones) is 1. The van der Waals surface area contributed by atoms with Crippen LogP contribution < -0.4 is 0 Å². The molecule has 1 amide bonds. The van der Waals surface area contributed by atoms with Crippen LogP contribution in [0.25, 0.3) is 0 Å². The van der Waals surface area contributed by atoms with Crippen LogP contribution in [0.15, 0.2) is 4.99 Å². The van der Waals surface area contributed by atoms with Crippen LogP contribution in [-0.2, 0) is 42.9 Å². The van der Waals surface area contributed by atoms with E-state index in [4.69, 9.17) is 18.9 Å². The molecule has 12 nitrogen and oxygen atoms in total. The topological polar surface area (TPSA) is 158 Å². The van der Waals surface area contributed by atoms with Gasteiger partial charge in [-0.1, -0.05) is 41.5 Å². The first-order valence-electron chi connectivity index (χ1n) is 19.0. The minimum atomic E-state index is -3.14. The van der Waals surface area contributed by atoms with E-state index >= 15 is 4.39 Å². The summed E-state index contributed by atoms with van der Waals surface area (Å²) in [6.07, 6.45) is -3.40. The SMILES string of the molecule is CCC(=O)N=C1[C@H](C)C[C@@]2(C)CCC(=O)CC[C@H]([C@H]1C)[C@](C)(O)[C@@H](CC)OC(=O)[C@@](C)(F)C(=O)[C@H](C)[C@H]2O[C@@H]1O[C@H](C)C[C@H](N(C)C)[C@H]1OC(C)=O. The van der Waals surface area contributed by atoms with Crippen molar-refractivity contribution >= 4 is 35.1 Å². The van der Waals surface area contributed by atoms with Crippen LogP contribution in [-0.4, -0.2) is 107 Å². The maximum absolute atomic E-state index is 16.8. The van der Waals surface area contributed by atoms with E-state index in [1.165, 1.54) is 20.8 Å². The maximum Gasteiger partial charge on any atom is 0.351 e. The lowest BCUT2D eigenvalue weighted by Crippen LogP contribution is -2.60. The number of halogens is 1. The Hall–Kier alpha value is -2.61. The van der Waals surface area contributed by atoms with E-state index in [0.717, 1.165) is 6.92 Å². The highest BCUT2D eigenvalue weighted by Gasteiger charge is 2.56. The number of likely N-dealkylation sites (N-methyl/N-ethyl adjacent to an activating group) is 1. The lowest BCUT2D eigenvalue weighted by Gasteiger charge is -2.48. The highest BCUT2D eigenvalue weighted by molar-refractivity contribution is 6.08. The van der Waals surface area contributed by atoms with Gasteiger partial charge in [0.05, 0.1) is 18.2 Å². The maximum atomic E-state index is 16.8. The summed E-state index contributed by atoms with van der Waals surface area (Å²) in [6.45, 7) is 16.0. The molecule has 13 atom stereocenters. The zero-order chi connectivity index (χ0) is 39.5. The van der Waals surface area contributed by atoms with Crippen LogP contribution in [0.3, 0.4) is 0 Å². The van der Waals surface area contributed by atoms with Crippen molar-refractivity contribution in [3.8, 4) is 0 Å². The molecular formula is C39H63FN2O10. The standard InChI is InChI=1S/C39H63FN2O10/c1-13-29-39(10,48)27-16-15-26(44)17-18-37(8,20-21(3)31(23(27)5)41-30(45)14-2)34(24(6)33(46)38(9,40)36(47)51-29)52-35-32(50-25(7)43)28(42(11)12)19-22(4)49-35/h21-24,27-29,32,34-35,48H,13-20H2,1-12H3/t21-,22-,23-,24+,27-,28+,29-,32-,34-,35+,37-,38+,39+/m1/s1. The van der Waals surface area contributed by atoms with Gasteiger partial charge in [0.15, 0.2) is 18.2 Å². The molecule has 3 rings (SSSR count). The zero-order valence-corrected chi connectivity index (χ0v) is 33.3. The summed E-state index contributed by atoms with van der Waals surface area (Å²) in [5.74, 6) is -6.61. The first kappa shape index (κ1) is 43.8. The van der Waals surface area contributed by atoms with E-state index in [1.54, 1.807) is 13.8 Å². The van der Waals surface area contributed by atoms with E-state index in [9.17, 15) is 29.1 Å². The molecule has 13 heteroatoms. The fraction of sp³-hybridized carbons (Fsp3) is 0.846. The van der Waals surface area contributed by atoms with Gasteiger partial charge in [-0.15, -0.1) is 0 Å². The molecule has 2 bridgehead atoms. The Morgan fingerprint density at radius 3 is 2.23 bits per heavy atom. The second-order valence-electron chi connectivity index (χ2n) is 16.4. The predicted octanol–water partition coefficient (Wildman–Crippen LogP) is 5.19. The van der Waals surface area contributed by atoms with Crippen LogP contribution in [0.2, 0.25) is 0 Å². The monoisotopic (exact) mass is 738 g/mol. The van der Waals surface area contributed by atoms with E-state index < -0.39 is 82.7 Å². The number of fused-ring (bicyclic) bond motifs is 5. The fourth-order valence-corrected chi connectivity index (χ4v) is 8.92. The average molecular weight is 739 g/mol. The molecule has 0 aromatic heterocycles. The smallest absolute Gasteiger partial charge is 0.351 e. The van der Waals surface area contributed by atoms with Crippen LogP contribution in [0.4, 0.5) is 4.39 Å². The Labute approximate surface area is 308 Å². The molecule has 0 unspecified atom stereocenters. The highest BCUT2D eigenvalue weighted by Crippen LogP contribution is 2.47. The molecule has 1 saturated carbocycles. The highest BCUT2D eigenvalue weighted by atomic mass is 19.1. The van der Waals surface area contributed by atoms with Crippen LogP contribution in [0, 0.1) is 29.1 Å². The number of hydrogen-bond acceptors (Lipinski definition) is 11. The molecule has 0 aromatic carbocycles. The molecule has 3 fully saturated rings. The number of rotatable bonds is 6. The third-order valence-corrected chi connectivity index (χ3v) is 11.9. The number of Topliss-reactive ketones (excluding diaryl/α,β-unsaturated/α-hetero) is 2. The van der Waals surface area contributed by atoms with Gasteiger partial charge in [-0.2, -0.15) is 0 Å². The predicted molar refractivity (Wildman–Crippen MR) is 192 cm³/mol. The number of alkyl halides is 1. The van der Waals surface area contributed by atoms with Gasteiger partial charge >= 0.3 is 11.9 Å². The summed E-state index contributed by atoms with van der Waals surface area (Å²) in [5, 5.41) is 12.2. The number of carbonyl (C=O) groups is 5. The zero-order valence-electron chi connectivity index (χ0n) is 33.3. The quantitative estimate of drug-likeness (QED) is 0.282. The summed E-state index contributed by atoms with van der Waals surface area (Å²) in [4.78, 5) is 73.7. The molecule has 2 aliphatic heterocycles. The van der Waals surface area contributed by atoms with Gasteiger partial charge in [0.1, 0.15) is 17.5 Å². The van der Waals surface area contributed by atoms with Crippen LogP contribution >= 0.6 is 0 Å². The molecule has 0 aromatic rings. The van der Waals surface area contributed by atoms with Crippen molar-refractivity contribution < 1.29 is 52.4 Å². The number of ketones is 2. The van der Waals surface area contributed by atoms with E-state index in [-0.39, 0.29) is 68.8 Å². The summed E-state index contributed by atoms with van der Waals surface area (Å²) in [6, 6.07) is -0.334. The number of nitrogens with zero attached hydrogens (tertiary/aromatic N) is 2. The largest absolute Gasteiger partial charge is 0.457 e. The van der Waals surface area contributed by atoms with Gasteiger partial charge in [-0.05, 0) is 84.2 Å². The van der Waals surface area contributed by atoms with Crippen molar-refractivity contribution in [1.29, 1.82) is 0 Å². The van der Waals surface area contributed by atoms with Gasteiger partial charge in [-0.3, -0.25) is 19.2 Å². The third-order valence-electron chi connectivity index (χ3n) is 11.9. The molecule has 2 saturated heterocycles. The number of esters is 2. The van der Waals surface area contributed by atoms with Gasteiger partial charge in [0.25, 0.3) is 5.67 Å². The molecule has 3 aliphatic rings. The van der Waals surface area contributed by atoms with Crippen molar-refractivity contribution in [3.05, 3.63) is 0 Å². The number of amides is 1. The number of aliphatic imine (C=N–C) groups is 1. The molecule has 1 N–H and O–H groups in total. The number of hydrogen-bond donors (Lipinski definition) is 1. The normalized spacial score (nSPS) is 42.2. The number of carbonyl (C=O) groups excluding carboxylic acids is 5. The van der Waals surface area contributed by atoms with Crippen LogP contribution in [0.5, 0.6) is 0 Å². The van der Waals surface area contributed by atoms with E-state index in [1.807, 2.05) is 46.7 Å². The van der Waals surface area contributed by atoms with Gasteiger partial charge in [-0.25, -0.2) is 14.2 Å². The Morgan fingerprint density at radius 1 is 1.04 bits per heavy atom. The van der Waals surface area contributed by atoms with Crippen molar-refractivity contribution in [2.24, 2.45) is 34.1 Å². The molecule has 52 heavy (non-hydrogen) atoms. The molecule has 2 heterocycles. The average Bonchev–Trinajstić information content (AvgIpc) is 3.07. The summed E-state index contributed by atoms with van der Waals surface area (Å²) >= 11 is 0. The van der Waals surface area contributed by atoms with E-state index in [2.05, 4.69) is 4.99 Å². The minimum absolute atomic E-state index is 0.0806. The Balaban J connectivity index is 2.37. The van der Waals surface area contributed by atoms with Crippen molar-refractivity contribution in [1.82, 2.24) is 4.90 Å². The first-order chi connectivity index (χ1) is 24.0. The van der Waals surface area contributed by atoms with Gasteiger partial charge in [0, 0.05) is 43.7 Å². The molecular weight excluding hydrogens is 675 g/mol. The number of aliphatic hydroxyl groups is 1. The van der Waals surface area contributed by atoms with Gasteiger partial charge < -0.3 is 29.0 Å². The molecule has 1 aliphatic carbocycles. The van der Waals surface area contributed by atoms with Crippen molar-refractivity contribution in [2.45, 2.75) is 169 Å². The van der Waals surface area contributed by atoms with Crippen LogP contribution in [0.1, 0.15) is 121 Å². The minimum Gasteiger partial charge on any atom is -0.457 e. The summed E-state index contributed by atoms with van der Waals surface area (Å²) < 4.78 is 41.4. The molecule has 296 valence electrons. The van der Waals surface area contributed by atoms with Crippen molar-refractivity contribution in [2.75, 3.05) is 14.1 Å². The Morgan fingerprint density at radius 2 is 1.67 bits per heavy atom. The first-order valence-corrected chi connectivity index (χ1v) is 19.0. The molecule has 0 spiro atoms. The van der Waals surface area contributed by atoms with Crippen molar-refractivity contribution in [3.63, 3.8) is 0 Å². The van der Waals surface area contributed by atoms with Gasteiger partial charge in [0.2, 0.25) is 5.91 Å².